The molecule has 0 aliphatic carbocycles. The van der Waals surface area contributed by atoms with Gasteiger partial charge in [-0.2, -0.15) is 0 Å². The summed E-state index contributed by atoms with van der Waals surface area (Å²) in [5.41, 5.74) is 0.737. The number of benzene rings is 1. The lowest BCUT2D eigenvalue weighted by atomic mass is 10.2. The van der Waals surface area contributed by atoms with Crippen LogP contribution in [0.1, 0.15) is 5.76 Å². The van der Waals surface area contributed by atoms with Crippen molar-refractivity contribution in [3.63, 3.8) is 0 Å². The summed E-state index contributed by atoms with van der Waals surface area (Å²) in [5.74, 6) is -0.349. The van der Waals surface area contributed by atoms with Gasteiger partial charge in [0.1, 0.15) is 17.3 Å². The number of halogens is 1. The maximum atomic E-state index is 12.7. The minimum Gasteiger partial charge on any atom is -0.478 e. The Bertz CT molecular complexity index is 552. The quantitative estimate of drug-likeness (QED) is 0.827. The maximum absolute atomic E-state index is 12.7. The molecule has 0 saturated heterocycles. The molecule has 1 aromatic carbocycles. The van der Waals surface area contributed by atoms with Crippen molar-refractivity contribution in [2.75, 3.05) is 0 Å². The third-order valence-corrected chi connectivity index (χ3v) is 2.15. The lowest BCUT2D eigenvalue weighted by Crippen LogP contribution is -1.84. The Balaban J connectivity index is 2.23. The van der Waals surface area contributed by atoms with Gasteiger partial charge >= 0.3 is 5.97 Å². The zero-order chi connectivity index (χ0) is 12.3. The van der Waals surface area contributed by atoms with Crippen molar-refractivity contribution in [3.05, 3.63) is 54.1 Å². The standard InChI is InChI=1S/C13H9FO3/c14-10-3-1-9(2-4-10)12-7-5-11(17-12)6-8-13(15)16/h1-8H,(H,15,16)/b8-6+. The van der Waals surface area contributed by atoms with Gasteiger partial charge in [0, 0.05) is 11.6 Å². The number of carbonyl (C=O) groups is 1. The van der Waals surface area contributed by atoms with Gasteiger partial charge in [0.05, 0.1) is 0 Å². The van der Waals surface area contributed by atoms with E-state index in [0.717, 1.165) is 11.6 Å². The van der Waals surface area contributed by atoms with Crippen molar-refractivity contribution in [2.24, 2.45) is 0 Å². The second kappa shape index (κ2) is 4.65. The van der Waals surface area contributed by atoms with Crippen LogP contribution in [0.3, 0.4) is 0 Å². The van der Waals surface area contributed by atoms with Crippen LogP contribution < -0.4 is 0 Å². The average Bonchev–Trinajstić information content (AvgIpc) is 2.76. The second-order valence-corrected chi connectivity index (χ2v) is 3.38. The van der Waals surface area contributed by atoms with Gasteiger partial charge in [-0.25, -0.2) is 9.18 Å². The molecule has 1 aromatic heterocycles. The predicted octanol–water partition coefficient (Wildman–Crippen LogP) is 3.18. The Kier molecular flexibility index (Phi) is 3.05. The normalized spacial score (nSPS) is 10.9. The van der Waals surface area contributed by atoms with Crippen LogP contribution in [0.15, 0.2) is 46.9 Å². The summed E-state index contributed by atoms with van der Waals surface area (Å²) in [4.78, 5) is 10.3. The van der Waals surface area contributed by atoms with E-state index < -0.39 is 5.97 Å². The molecule has 1 N–H and O–H groups in total. The summed E-state index contributed by atoms with van der Waals surface area (Å²) in [6.07, 6.45) is 2.35. The predicted molar refractivity (Wildman–Crippen MR) is 60.8 cm³/mol. The highest BCUT2D eigenvalue weighted by atomic mass is 19.1. The summed E-state index contributed by atoms with van der Waals surface area (Å²) < 4.78 is 18.1. The fraction of sp³-hybridized carbons (Fsp3) is 0. The molecular weight excluding hydrogens is 223 g/mol. The SMILES string of the molecule is O=C(O)/C=C/c1ccc(-c2ccc(F)cc2)o1. The van der Waals surface area contributed by atoms with Crippen LogP contribution >= 0.6 is 0 Å². The second-order valence-electron chi connectivity index (χ2n) is 3.38. The van der Waals surface area contributed by atoms with Crippen LogP contribution in [-0.4, -0.2) is 11.1 Å². The minimum absolute atomic E-state index is 0.314. The number of hydrogen-bond acceptors (Lipinski definition) is 2. The van der Waals surface area contributed by atoms with Gasteiger partial charge in [0.15, 0.2) is 0 Å². The first-order valence-corrected chi connectivity index (χ1v) is 4.92. The molecule has 0 unspecified atom stereocenters. The van der Waals surface area contributed by atoms with Crippen LogP contribution in [-0.2, 0) is 4.79 Å². The number of carboxylic acid groups (broad SMARTS) is 1. The van der Waals surface area contributed by atoms with Gasteiger partial charge in [0.2, 0.25) is 0 Å². The molecule has 0 aliphatic heterocycles. The highest BCUT2D eigenvalue weighted by Crippen LogP contribution is 2.22. The van der Waals surface area contributed by atoms with Crippen molar-refractivity contribution in [2.45, 2.75) is 0 Å². The van der Waals surface area contributed by atoms with Gasteiger partial charge in [-0.05, 0) is 42.5 Å². The van der Waals surface area contributed by atoms with Crippen LogP contribution in [0, 0.1) is 5.82 Å². The molecule has 17 heavy (non-hydrogen) atoms. The molecule has 0 spiro atoms. The van der Waals surface area contributed by atoms with E-state index >= 15 is 0 Å². The van der Waals surface area contributed by atoms with Crippen molar-refractivity contribution < 1.29 is 18.7 Å². The lowest BCUT2D eigenvalue weighted by molar-refractivity contribution is -0.131. The van der Waals surface area contributed by atoms with E-state index in [9.17, 15) is 9.18 Å². The summed E-state index contributed by atoms with van der Waals surface area (Å²) in [5, 5.41) is 8.46. The summed E-state index contributed by atoms with van der Waals surface area (Å²) in [7, 11) is 0. The van der Waals surface area contributed by atoms with Gasteiger partial charge < -0.3 is 9.52 Å². The first-order chi connectivity index (χ1) is 8.15. The molecule has 2 rings (SSSR count). The molecule has 2 aromatic rings. The van der Waals surface area contributed by atoms with E-state index in [1.54, 1.807) is 24.3 Å². The zero-order valence-corrected chi connectivity index (χ0v) is 8.76. The minimum atomic E-state index is -1.04. The molecule has 0 amide bonds. The molecule has 4 heteroatoms. The Morgan fingerprint density at radius 2 is 1.88 bits per heavy atom. The maximum Gasteiger partial charge on any atom is 0.328 e. The van der Waals surface area contributed by atoms with E-state index in [1.807, 2.05) is 0 Å². The van der Waals surface area contributed by atoms with E-state index in [-0.39, 0.29) is 5.82 Å². The van der Waals surface area contributed by atoms with Gasteiger partial charge in [-0.3, -0.25) is 0 Å². The third-order valence-electron chi connectivity index (χ3n) is 2.15. The number of rotatable bonds is 3. The largest absolute Gasteiger partial charge is 0.478 e. The number of carboxylic acids is 1. The van der Waals surface area contributed by atoms with Crippen LogP contribution in [0.25, 0.3) is 17.4 Å². The smallest absolute Gasteiger partial charge is 0.328 e. The van der Waals surface area contributed by atoms with Crippen molar-refractivity contribution in [3.8, 4) is 11.3 Å². The third kappa shape index (κ3) is 2.81. The van der Waals surface area contributed by atoms with Gasteiger partial charge in [0.25, 0.3) is 0 Å². The number of aliphatic carboxylic acids is 1. The van der Waals surface area contributed by atoms with E-state index in [1.165, 1.54) is 18.2 Å². The van der Waals surface area contributed by atoms with Crippen molar-refractivity contribution in [1.82, 2.24) is 0 Å². The first kappa shape index (κ1) is 11.1. The fourth-order valence-corrected chi connectivity index (χ4v) is 1.37. The first-order valence-electron chi connectivity index (χ1n) is 4.92. The lowest BCUT2D eigenvalue weighted by Gasteiger charge is -1.95. The summed E-state index contributed by atoms with van der Waals surface area (Å²) >= 11 is 0. The zero-order valence-electron chi connectivity index (χ0n) is 8.76. The van der Waals surface area contributed by atoms with Crippen LogP contribution in [0.4, 0.5) is 4.39 Å². The fourth-order valence-electron chi connectivity index (χ4n) is 1.37. The Hall–Kier alpha value is -2.36. The average molecular weight is 232 g/mol. The molecule has 0 aliphatic rings. The molecule has 3 nitrogen and oxygen atoms in total. The Labute approximate surface area is 96.8 Å². The summed E-state index contributed by atoms with van der Waals surface area (Å²) in [6.45, 7) is 0. The highest BCUT2D eigenvalue weighted by molar-refractivity contribution is 5.84. The van der Waals surface area contributed by atoms with Gasteiger partial charge in [-0.1, -0.05) is 0 Å². The van der Waals surface area contributed by atoms with Gasteiger partial charge in [-0.15, -0.1) is 0 Å². The Morgan fingerprint density at radius 1 is 1.18 bits per heavy atom. The van der Waals surface area contributed by atoms with E-state index in [2.05, 4.69) is 0 Å². The molecular formula is C13H9FO3. The Morgan fingerprint density at radius 3 is 2.53 bits per heavy atom. The van der Waals surface area contributed by atoms with Crippen molar-refractivity contribution >= 4 is 12.0 Å². The molecule has 1 heterocycles. The van der Waals surface area contributed by atoms with Crippen LogP contribution in [0.5, 0.6) is 0 Å². The molecule has 0 saturated carbocycles. The number of furan rings is 1. The summed E-state index contributed by atoms with van der Waals surface area (Å²) in [6, 6.07) is 9.22. The number of hydrogen-bond donors (Lipinski definition) is 1. The topological polar surface area (TPSA) is 50.4 Å². The molecule has 0 bridgehead atoms. The van der Waals surface area contributed by atoms with Crippen molar-refractivity contribution in [1.29, 1.82) is 0 Å². The van der Waals surface area contributed by atoms with Crippen LogP contribution in [0.2, 0.25) is 0 Å². The van der Waals surface area contributed by atoms with E-state index in [4.69, 9.17) is 9.52 Å². The molecule has 86 valence electrons. The van der Waals surface area contributed by atoms with E-state index in [0.29, 0.717) is 11.5 Å². The molecule has 0 fully saturated rings. The highest BCUT2D eigenvalue weighted by Gasteiger charge is 2.03. The molecule has 0 atom stereocenters. The monoisotopic (exact) mass is 232 g/mol. The molecule has 0 radical (unpaired) electrons.